The number of non-ortho nitro benzene ring substituents is 1. The number of nitrogens with two attached hydrogens (primary N) is 1. The van der Waals surface area contributed by atoms with Crippen LogP contribution in [0.4, 0.5) is 11.4 Å². The minimum atomic E-state index is -1.50. The summed E-state index contributed by atoms with van der Waals surface area (Å²) in [6.07, 6.45) is -0.867. The number of aliphatic hydroxyl groups excluding tert-OH is 1. The van der Waals surface area contributed by atoms with Gasteiger partial charge in [0.25, 0.3) is 5.69 Å². The summed E-state index contributed by atoms with van der Waals surface area (Å²) < 4.78 is 16.8. The Morgan fingerprint density at radius 1 is 1.39 bits per heavy atom. The van der Waals surface area contributed by atoms with Crippen molar-refractivity contribution in [1.29, 1.82) is 5.26 Å². The molecule has 3 unspecified atom stereocenters. The fraction of sp³-hybridized carbons (Fsp3) is 0.333. The minimum Gasteiger partial charge on any atom is -0.479 e. The maximum atomic E-state index is 11.6. The predicted octanol–water partition coefficient (Wildman–Crippen LogP) is 2.72. The molecule has 11 nitrogen and oxygen atoms in total. The Kier molecular flexibility index (Phi) is 7.04. The lowest BCUT2D eigenvalue weighted by Crippen LogP contribution is -2.63. The van der Waals surface area contributed by atoms with Gasteiger partial charge in [-0.1, -0.05) is 23.7 Å². The number of fused-ring (bicyclic) bond motifs is 1. The number of nitro benzene ring substituents is 1. The molecular weight excluding hydrogens is 454 g/mol. The smallest absolute Gasteiger partial charge is 0.270 e. The molecule has 0 spiro atoms. The molecule has 33 heavy (non-hydrogen) atoms. The van der Waals surface area contributed by atoms with Crippen LogP contribution in [0.3, 0.4) is 0 Å². The molecule has 3 atom stereocenters. The number of nitro groups is 1. The first-order valence-electron chi connectivity index (χ1n) is 9.66. The van der Waals surface area contributed by atoms with E-state index in [1.165, 1.54) is 37.3 Å². The summed E-state index contributed by atoms with van der Waals surface area (Å²) in [4.78, 5) is 15.9. The van der Waals surface area contributed by atoms with Crippen LogP contribution in [0, 0.1) is 21.6 Å². The van der Waals surface area contributed by atoms with Crippen LogP contribution in [0.1, 0.15) is 18.5 Å². The van der Waals surface area contributed by atoms with Gasteiger partial charge in [-0.25, -0.2) is 0 Å². The van der Waals surface area contributed by atoms with Gasteiger partial charge >= 0.3 is 0 Å². The number of hydrogen-bond donors (Lipinski definition) is 2. The highest BCUT2D eigenvalue weighted by Gasteiger charge is 2.54. The summed E-state index contributed by atoms with van der Waals surface area (Å²) in [5.74, 6) is -0.0675. The van der Waals surface area contributed by atoms with Crippen LogP contribution in [-0.2, 0) is 9.47 Å². The van der Waals surface area contributed by atoms with E-state index in [1.54, 1.807) is 37.4 Å². The topological polar surface area (TPSA) is 156 Å². The van der Waals surface area contributed by atoms with Crippen molar-refractivity contribution in [3.63, 3.8) is 0 Å². The number of halogens is 1. The SMILES string of the molecule is COC(OC)C1(C)Oc2ccc([N+](=O)[O-])cc2C(N(C(N)=NC#N)c2ccccc2Cl)C1O. The number of nitrogens with zero attached hydrogens (tertiary/aromatic N) is 4. The Hall–Kier alpha value is -3.43. The number of guanidine groups is 1. The predicted molar refractivity (Wildman–Crippen MR) is 120 cm³/mol. The highest BCUT2D eigenvalue weighted by Crippen LogP contribution is 2.48. The number of aliphatic hydroxyl groups is 1. The largest absolute Gasteiger partial charge is 0.479 e. The van der Waals surface area contributed by atoms with E-state index in [1.807, 2.05) is 0 Å². The van der Waals surface area contributed by atoms with Gasteiger partial charge in [0.05, 0.1) is 21.7 Å². The van der Waals surface area contributed by atoms with Crippen molar-refractivity contribution in [3.05, 3.63) is 63.2 Å². The van der Waals surface area contributed by atoms with E-state index >= 15 is 0 Å². The molecule has 0 bridgehead atoms. The maximum absolute atomic E-state index is 11.6. The third-order valence-corrected chi connectivity index (χ3v) is 5.76. The van der Waals surface area contributed by atoms with Crippen molar-refractivity contribution in [3.8, 4) is 11.9 Å². The molecule has 0 amide bonds. The Balaban J connectivity index is 2.34. The first kappa shape index (κ1) is 24.2. The van der Waals surface area contributed by atoms with E-state index in [0.717, 1.165) is 0 Å². The maximum Gasteiger partial charge on any atom is 0.270 e. The van der Waals surface area contributed by atoms with Crippen LogP contribution in [0.2, 0.25) is 5.02 Å². The van der Waals surface area contributed by atoms with Crippen molar-refractivity contribution in [2.75, 3.05) is 19.1 Å². The Morgan fingerprint density at radius 2 is 2.06 bits per heavy atom. The molecule has 3 N–H and O–H groups in total. The molecule has 3 rings (SSSR count). The van der Waals surface area contributed by atoms with Crippen LogP contribution >= 0.6 is 11.6 Å². The van der Waals surface area contributed by atoms with Gasteiger partial charge in [-0.2, -0.15) is 5.26 Å². The van der Waals surface area contributed by atoms with E-state index in [4.69, 9.17) is 36.8 Å². The molecule has 2 aromatic rings. The van der Waals surface area contributed by atoms with E-state index in [9.17, 15) is 15.2 Å². The monoisotopic (exact) mass is 475 g/mol. The summed E-state index contributed by atoms with van der Waals surface area (Å²) in [5, 5.41) is 32.5. The highest BCUT2D eigenvalue weighted by molar-refractivity contribution is 6.33. The van der Waals surface area contributed by atoms with Crippen molar-refractivity contribution >= 4 is 28.9 Å². The Morgan fingerprint density at radius 3 is 2.64 bits per heavy atom. The third kappa shape index (κ3) is 4.29. The van der Waals surface area contributed by atoms with Crippen molar-refractivity contribution in [2.24, 2.45) is 10.7 Å². The lowest BCUT2D eigenvalue weighted by Gasteiger charge is -2.49. The number of rotatable bonds is 6. The summed E-state index contributed by atoms with van der Waals surface area (Å²) in [5.41, 5.74) is 4.97. The molecule has 174 valence electrons. The van der Waals surface area contributed by atoms with Crippen molar-refractivity contribution in [2.45, 2.75) is 31.0 Å². The van der Waals surface area contributed by atoms with E-state index < -0.39 is 29.0 Å². The first-order chi connectivity index (χ1) is 15.7. The van der Waals surface area contributed by atoms with Crippen molar-refractivity contribution in [1.82, 2.24) is 0 Å². The number of anilines is 1. The number of aliphatic imine (C=N–C) groups is 1. The number of nitriles is 1. The zero-order chi connectivity index (χ0) is 24.3. The lowest BCUT2D eigenvalue weighted by molar-refractivity contribution is -0.385. The zero-order valence-corrected chi connectivity index (χ0v) is 18.8. The highest BCUT2D eigenvalue weighted by atomic mass is 35.5. The zero-order valence-electron chi connectivity index (χ0n) is 18.0. The minimum absolute atomic E-state index is 0.222. The third-order valence-electron chi connectivity index (χ3n) is 5.44. The molecule has 0 fully saturated rings. The first-order valence-corrected chi connectivity index (χ1v) is 10.0. The van der Waals surface area contributed by atoms with Gasteiger partial charge in [0.2, 0.25) is 12.2 Å². The summed E-state index contributed by atoms with van der Waals surface area (Å²) in [6, 6.07) is 9.41. The average molecular weight is 476 g/mol. The van der Waals surface area contributed by atoms with Gasteiger partial charge in [0, 0.05) is 31.9 Å². The standard InChI is InChI=1S/C21H22ClN5O6/c1-21(19(31-2)32-3)18(28)17(13-10-12(27(29)30)8-9-16(13)33-21)26(20(24)25-11-23)15-7-5-4-6-14(15)22/h4-10,17-19,28H,1-3H3,(H2,24,25). The molecule has 1 aliphatic heterocycles. The molecule has 0 aromatic heterocycles. The van der Waals surface area contributed by atoms with Crippen LogP contribution < -0.4 is 15.4 Å². The number of methoxy groups -OCH3 is 2. The second-order valence-corrected chi connectivity index (χ2v) is 7.76. The Bertz CT molecular complexity index is 1120. The van der Waals surface area contributed by atoms with Crippen LogP contribution in [0.5, 0.6) is 5.75 Å². The molecule has 12 heteroatoms. The number of benzene rings is 2. The molecular formula is C21H22ClN5O6. The van der Waals surface area contributed by atoms with Crippen LogP contribution in [-0.4, -0.2) is 48.2 Å². The summed E-state index contributed by atoms with van der Waals surface area (Å²) >= 11 is 6.42. The molecule has 2 aromatic carbocycles. The Labute approximate surface area is 194 Å². The second kappa shape index (κ2) is 9.60. The van der Waals surface area contributed by atoms with Crippen LogP contribution in [0.25, 0.3) is 0 Å². The van der Waals surface area contributed by atoms with E-state index in [2.05, 4.69) is 4.99 Å². The van der Waals surface area contributed by atoms with Gasteiger partial charge in [0.15, 0.2) is 11.9 Å². The lowest BCUT2D eigenvalue weighted by atomic mass is 9.83. The summed E-state index contributed by atoms with van der Waals surface area (Å²) in [6.45, 7) is 1.56. The van der Waals surface area contributed by atoms with E-state index in [0.29, 0.717) is 5.69 Å². The second-order valence-electron chi connectivity index (χ2n) is 7.35. The van der Waals surface area contributed by atoms with Gasteiger partial charge < -0.3 is 30.0 Å². The fourth-order valence-electron chi connectivity index (χ4n) is 3.95. The fourth-order valence-corrected chi connectivity index (χ4v) is 4.18. The quantitative estimate of drug-likeness (QED) is 0.160. The van der Waals surface area contributed by atoms with Gasteiger partial charge in [0.1, 0.15) is 11.9 Å². The molecule has 0 saturated carbocycles. The van der Waals surface area contributed by atoms with Gasteiger partial charge in [-0.05, 0) is 25.1 Å². The van der Waals surface area contributed by atoms with Crippen molar-refractivity contribution < 1.29 is 24.2 Å². The average Bonchev–Trinajstić information content (AvgIpc) is 2.78. The van der Waals surface area contributed by atoms with E-state index in [-0.39, 0.29) is 28.0 Å². The number of para-hydroxylation sites is 1. The molecule has 0 aliphatic carbocycles. The molecule has 0 saturated heterocycles. The van der Waals surface area contributed by atoms with Gasteiger partial charge in [-0.3, -0.25) is 10.1 Å². The summed E-state index contributed by atoms with van der Waals surface area (Å²) in [7, 11) is 2.76. The van der Waals surface area contributed by atoms with Gasteiger partial charge in [-0.15, -0.1) is 4.99 Å². The number of ether oxygens (including phenoxy) is 3. The molecule has 0 radical (unpaired) electrons. The normalized spacial score (nSPS) is 22.3. The number of hydrogen-bond acceptors (Lipinski definition) is 8. The van der Waals surface area contributed by atoms with Crippen LogP contribution in [0.15, 0.2) is 47.5 Å². The molecule has 1 aliphatic rings. The molecule has 1 heterocycles.